The van der Waals surface area contributed by atoms with Gasteiger partial charge in [-0.1, -0.05) is 36.4 Å². The Hall–Kier alpha value is -4.87. The topological polar surface area (TPSA) is 136 Å². The quantitative estimate of drug-likeness (QED) is 0.229. The fourth-order valence-corrected chi connectivity index (χ4v) is 5.61. The average molecular weight is 584 g/mol. The lowest BCUT2D eigenvalue weighted by Crippen LogP contribution is -2.35. The van der Waals surface area contributed by atoms with E-state index in [0.717, 1.165) is 40.4 Å². The third-order valence-electron chi connectivity index (χ3n) is 7.82. The van der Waals surface area contributed by atoms with E-state index >= 15 is 0 Å². The van der Waals surface area contributed by atoms with Crippen molar-refractivity contribution in [2.24, 2.45) is 0 Å². The Kier molecular flexibility index (Phi) is 7.75. The molecule has 6 rings (SSSR count). The molecule has 0 aliphatic carbocycles. The molecule has 43 heavy (non-hydrogen) atoms. The van der Waals surface area contributed by atoms with Crippen LogP contribution >= 0.6 is 0 Å². The van der Waals surface area contributed by atoms with Crippen LogP contribution < -0.4 is 25.5 Å². The van der Waals surface area contributed by atoms with E-state index in [1.165, 1.54) is 0 Å². The number of aromatic nitrogens is 4. The smallest absolute Gasteiger partial charge is 0.280 e. The molecule has 3 aromatic carbocycles. The van der Waals surface area contributed by atoms with Gasteiger partial charge in [-0.05, 0) is 65.9 Å². The van der Waals surface area contributed by atoms with Gasteiger partial charge >= 0.3 is 0 Å². The Morgan fingerprint density at radius 2 is 1.37 bits per heavy atom. The highest BCUT2D eigenvalue weighted by molar-refractivity contribution is 5.70. The zero-order valence-electron chi connectivity index (χ0n) is 24.2. The third kappa shape index (κ3) is 5.28. The minimum absolute atomic E-state index is 0.0281. The lowest BCUT2D eigenvalue weighted by molar-refractivity contribution is -0.0756. The number of anilines is 1. The maximum atomic E-state index is 12.3. The van der Waals surface area contributed by atoms with Gasteiger partial charge in [0.15, 0.2) is 11.2 Å². The largest absolute Gasteiger partial charge is 0.497 e. The van der Waals surface area contributed by atoms with Gasteiger partial charge in [0.25, 0.3) is 5.56 Å². The van der Waals surface area contributed by atoms with Crippen LogP contribution in [0.5, 0.6) is 17.2 Å². The second kappa shape index (κ2) is 11.8. The van der Waals surface area contributed by atoms with Crippen LogP contribution in [-0.4, -0.2) is 53.6 Å². The number of hydrogen-bond acceptors (Lipinski definition) is 9. The number of hydrogen-bond donors (Lipinski definition) is 2. The summed E-state index contributed by atoms with van der Waals surface area (Å²) in [6.45, 7) is 0.281. The molecule has 0 bridgehead atoms. The van der Waals surface area contributed by atoms with Crippen molar-refractivity contribution in [1.82, 2.24) is 19.5 Å². The summed E-state index contributed by atoms with van der Waals surface area (Å²) >= 11 is 0. The molecular formula is C32H33N5O6. The first-order valence-electron chi connectivity index (χ1n) is 13.9. The van der Waals surface area contributed by atoms with Gasteiger partial charge in [-0.15, -0.1) is 0 Å². The van der Waals surface area contributed by atoms with E-state index in [4.69, 9.17) is 29.4 Å². The second-order valence-corrected chi connectivity index (χ2v) is 10.2. The van der Waals surface area contributed by atoms with Crippen molar-refractivity contribution in [3.05, 3.63) is 106 Å². The molecule has 1 aliphatic heterocycles. The Bertz CT molecular complexity index is 1630. The van der Waals surface area contributed by atoms with Crippen LogP contribution in [-0.2, 0) is 15.1 Å². The number of rotatable bonds is 10. The molecule has 0 spiro atoms. The Balaban J connectivity index is 1.36. The van der Waals surface area contributed by atoms with E-state index in [2.05, 4.69) is 15.0 Å². The van der Waals surface area contributed by atoms with Crippen molar-refractivity contribution in [3.63, 3.8) is 0 Å². The van der Waals surface area contributed by atoms with Gasteiger partial charge < -0.3 is 29.4 Å². The number of nitrogens with two attached hydrogens (primary N) is 1. The van der Waals surface area contributed by atoms with E-state index in [1.807, 2.05) is 72.8 Å². The summed E-state index contributed by atoms with van der Waals surface area (Å²) in [5.41, 5.74) is 7.76. The fraction of sp³-hybridized carbons (Fsp3) is 0.281. The Labute approximate surface area is 248 Å². The van der Waals surface area contributed by atoms with Gasteiger partial charge in [-0.25, -0.2) is 4.98 Å². The number of imidazole rings is 1. The summed E-state index contributed by atoms with van der Waals surface area (Å²) in [6, 6.07) is 23.6. The molecule has 1 fully saturated rings. The molecule has 0 radical (unpaired) electrons. The Morgan fingerprint density at radius 3 is 1.86 bits per heavy atom. The zero-order valence-corrected chi connectivity index (χ0v) is 24.2. The third-order valence-corrected chi connectivity index (χ3v) is 7.82. The van der Waals surface area contributed by atoms with E-state index in [-0.39, 0.29) is 36.0 Å². The van der Waals surface area contributed by atoms with E-state index < -0.39 is 5.60 Å². The molecular weight excluding hydrogens is 550 g/mol. The summed E-state index contributed by atoms with van der Waals surface area (Å²) in [4.78, 5) is 23.3. The van der Waals surface area contributed by atoms with Crippen molar-refractivity contribution >= 4 is 17.1 Å². The second-order valence-electron chi connectivity index (χ2n) is 10.2. The normalized spacial score (nSPS) is 16.8. The maximum Gasteiger partial charge on any atom is 0.280 e. The number of nitrogen functional groups attached to an aromatic ring is 1. The highest BCUT2D eigenvalue weighted by Crippen LogP contribution is 2.43. The number of H-pyrrole nitrogens is 1. The Morgan fingerprint density at radius 1 is 0.860 bits per heavy atom. The van der Waals surface area contributed by atoms with Crippen LogP contribution in [0.4, 0.5) is 5.95 Å². The number of fused-ring (bicyclic) bond motifs is 1. The van der Waals surface area contributed by atoms with E-state index in [1.54, 1.807) is 32.2 Å². The molecule has 2 atom stereocenters. The first kappa shape index (κ1) is 28.3. The average Bonchev–Trinajstić information content (AvgIpc) is 3.69. The minimum atomic E-state index is -1.00. The van der Waals surface area contributed by atoms with Crippen LogP contribution in [0, 0.1) is 0 Å². The van der Waals surface area contributed by atoms with Crippen LogP contribution in [0.3, 0.4) is 0 Å². The summed E-state index contributed by atoms with van der Waals surface area (Å²) in [6.07, 6.45) is 2.37. The van der Waals surface area contributed by atoms with Gasteiger partial charge in [0.05, 0.1) is 40.4 Å². The van der Waals surface area contributed by atoms with Crippen molar-refractivity contribution in [3.8, 4) is 17.2 Å². The molecule has 5 aromatic rings. The van der Waals surface area contributed by atoms with Crippen molar-refractivity contribution < 1.29 is 23.7 Å². The van der Waals surface area contributed by atoms with Gasteiger partial charge in [0.1, 0.15) is 29.1 Å². The fourth-order valence-electron chi connectivity index (χ4n) is 5.61. The molecule has 3 N–H and O–H groups in total. The van der Waals surface area contributed by atoms with Crippen LogP contribution in [0.1, 0.15) is 35.8 Å². The first-order valence-corrected chi connectivity index (χ1v) is 13.9. The predicted octanol–water partition coefficient (Wildman–Crippen LogP) is 4.41. The molecule has 11 heteroatoms. The molecule has 3 heterocycles. The minimum Gasteiger partial charge on any atom is -0.497 e. The lowest BCUT2D eigenvalue weighted by Gasteiger charge is -2.37. The van der Waals surface area contributed by atoms with E-state index in [0.29, 0.717) is 12.1 Å². The number of nitrogens with one attached hydrogen (secondary N) is 1. The van der Waals surface area contributed by atoms with Crippen LogP contribution in [0.2, 0.25) is 0 Å². The molecule has 1 saturated heterocycles. The SMILES string of the molecule is COc1ccc(C(OCC2CCC(n3cnc4c(=O)[nH]c(N)nc43)O2)(c2ccc(OC)cc2)c2ccc(OC)cc2)cc1. The monoisotopic (exact) mass is 583 g/mol. The summed E-state index contributed by atoms with van der Waals surface area (Å²) in [7, 11) is 4.93. The summed E-state index contributed by atoms with van der Waals surface area (Å²) < 4.78 is 31.6. The standard InChI is InChI=1S/C32H33N5O6/c1-39-23-10-4-20(5-11-23)32(21-6-12-24(40-2)13-7-21,22-8-14-25(41-3)15-9-22)42-18-26-16-17-27(43-26)37-19-34-28-29(37)35-31(33)36-30(28)38/h4-15,19,26-27H,16-18H2,1-3H3,(H3,33,35,36,38). The summed E-state index contributed by atoms with van der Waals surface area (Å²) in [5, 5.41) is 0. The highest BCUT2D eigenvalue weighted by atomic mass is 16.6. The highest BCUT2D eigenvalue weighted by Gasteiger charge is 2.40. The van der Waals surface area contributed by atoms with Crippen LogP contribution in [0.25, 0.3) is 11.2 Å². The van der Waals surface area contributed by atoms with Gasteiger partial charge in [0.2, 0.25) is 5.95 Å². The van der Waals surface area contributed by atoms with Crippen molar-refractivity contribution in [1.29, 1.82) is 0 Å². The molecule has 2 aromatic heterocycles. The molecule has 0 saturated carbocycles. The number of methoxy groups -OCH3 is 3. The molecule has 11 nitrogen and oxygen atoms in total. The van der Waals surface area contributed by atoms with Gasteiger partial charge in [0, 0.05) is 0 Å². The molecule has 222 valence electrons. The summed E-state index contributed by atoms with van der Waals surface area (Å²) in [5.74, 6) is 2.25. The first-order chi connectivity index (χ1) is 20.9. The molecule has 0 amide bonds. The number of nitrogens with zero attached hydrogens (tertiary/aromatic N) is 3. The van der Waals surface area contributed by atoms with E-state index in [9.17, 15) is 4.79 Å². The lowest BCUT2D eigenvalue weighted by atomic mass is 9.80. The number of aromatic amines is 1. The van der Waals surface area contributed by atoms with Crippen molar-refractivity contribution in [2.75, 3.05) is 33.7 Å². The predicted molar refractivity (Wildman–Crippen MR) is 161 cm³/mol. The number of benzene rings is 3. The molecule has 1 aliphatic rings. The van der Waals surface area contributed by atoms with Gasteiger partial charge in [-0.2, -0.15) is 4.98 Å². The van der Waals surface area contributed by atoms with Crippen molar-refractivity contribution in [2.45, 2.75) is 30.8 Å². The molecule has 2 unspecified atom stereocenters. The number of ether oxygens (including phenoxy) is 5. The van der Waals surface area contributed by atoms with Crippen LogP contribution in [0.15, 0.2) is 83.9 Å². The zero-order chi connectivity index (χ0) is 30.0. The maximum absolute atomic E-state index is 12.3. The van der Waals surface area contributed by atoms with Gasteiger partial charge in [-0.3, -0.25) is 14.3 Å².